The molecule has 1 aliphatic heterocycles. The number of nitrogens with two attached hydrogens (primary N) is 1. The topological polar surface area (TPSA) is 35.2 Å². The summed E-state index contributed by atoms with van der Waals surface area (Å²) in [5.41, 5.74) is 6.50. The van der Waals surface area contributed by atoms with Crippen molar-refractivity contribution in [1.29, 1.82) is 0 Å². The molecule has 2 unspecified atom stereocenters. The van der Waals surface area contributed by atoms with E-state index in [0.717, 1.165) is 25.9 Å². The smallest absolute Gasteiger partial charge is 0.129 e. The van der Waals surface area contributed by atoms with Crippen molar-refractivity contribution in [2.45, 2.75) is 37.8 Å². The third-order valence-corrected chi connectivity index (χ3v) is 4.46. The molecule has 2 nitrogen and oxygen atoms in total. The predicted octanol–water partition coefficient (Wildman–Crippen LogP) is 4.20. The van der Waals surface area contributed by atoms with Crippen molar-refractivity contribution in [2.24, 2.45) is 5.73 Å². The van der Waals surface area contributed by atoms with E-state index in [1.54, 1.807) is 6.07 Å². The fraction of sp³-hybridized carbons (Fsp3) is 0.538. The summed E-state index contributed by atoms with van der Waals surface area (Å²) in [6, 6.07) is 2.63. The highest BCUT2D eigenvalue weighted by Crippen LogP contribution is 2.30. The van der Waals surface area contributed by atoms with Crippen molar-refractivity contribution in [2.75, 3.05) is 6.61 Å². The maximum absolute atomic E-state index is 13.8. The molecule has 0 amide bonds. The molecule has 0 aliphatic carbocycles. The number of benzene rings is 1. The van der Waals surface area contributed by atoms with Gasteiger partial charge in [-0.3, -0.25) is 0 Å². The van der Waals surface area contributed by atoms with Crippen molar-refractivity contribution in [3.05, 3.63) is 33.0 Å². The summed E-state index contributed by atoms with van der Waals surface area (Å²) in [4.78, 5) is 0. The van der Waals surface area contributed by atoms with E-state index in [2.05, 4.69) is 15.9 Å². The van der Waals surface area contributed by atoms with Gasteiger partial charge < -0.3 is 10.5 Å². The molecule has 0 spiro atoms. The number of hydrogen-bond acceptors (Lipinski definition) is 2. The first kappa shape index (κ1) is 14.3. The Morgan fingerprint density at radius 2 is 2.33 bits per heavy atom. The minimum absolute atomic E-state index is 0.282. The van der Waals surface area contributed by atoms with Crippen molar-refractivity contribution in [3.8, 4) is 0 Å². The molecular formula is C13H16BrClFNO. The molecule has 1 aromatic rings. The summed E-state index contributed by atoms with van der Waals surface area (Å²) in [6.07, 6.45) is 4.05. The van der Waals surface area contributed by atoms with Gasteiger partial charge >= 0.3 is 0 Å². The molecular weight excluding hydrogens is 321 g/mol. The zero-order chi connectivity index (χ0) is 13.1. The molecule has 1 saturated heterocycles. The van der Waals surface area contributed by atoms with Gasteiger partial charge in [0.15, 0.2) is 0 Å². The van der Waals surface area contributed by atoms with Crippen molar-refractivity contribution in [1.82, 2.24) is 0 Å². The second kappa shape index (κ2) is 6.33. The van der Waals surface area contributed by atoms with Crippen LogP contribution in [-0.2, 0) is 4.74 Å². The molecule has 1 heterocycles. The normalized spacial score (nSPS) is 21.2. The molecule has 0 bridgehead atoms. The van der Waals surface area contributed by atoms with Crippen LogP contribution in [-0.4, -0.2) is 12.7 Å². The Morgan fingerprint density at radius 1 is 1.56 bits per heavy atom. The summed E-state index contributed by atoms with van der Waals surface area (Å²) in [5.74, 6) is -0.314. The molecule has 2 rings (SSSR count). The Kier molecular flexibility index (Phi) is 5.01. The lowest BCUT2D eigenvalue weighted by Crippen LogP contribution is -2.15. The minimum Gasteiger partial charge on any atom is -0.378 e. The van der Waals surface area contributed by atoms with E-state index < -0.39 is 0 Å². The fourth-order valence-electron chi connectivity index (χ4n) is 2.22. The molecule has 18 heavy (non-hydrogen) atoms. The fourth-order valence-corrected chi connectivity index (χ4v) is 2.70. The van der Waals surface area contributed by atoms with Gasteiger partial charge in [0.25, 0.3) is 0 Å². The molecule has 0 aromatic heterocycles. The van der Waals surface area contributed by atoms with Gasteiger partial charge in [-0.1, -0.05) is 11.6 Å². The molecule has 1 fully saturated rings. The number of ether oxygens (including phenoxy) is 1. The van der Waals surface area contributed by atoms with Crippen LogP contribution in [0.2, 0.25) is 5.02 Å². The molecule has 0 saturated carbocycles. The number of halogens is 3. The van der Waals surface area contributed by atoms with E-state index >= 15 is 0 Å². The molecule has 100 valence electrons. The van der Waals surface area contributed by atoms with Crippen LogP contribution in [0.15, 0.2) is 16.6 Å². The Labute approximate surface area is 120 Å². The third-order valence-electron chi connectivity index (χ3n) is 3.26. The van der Waals surface area contributed by atoms with Crippen LogP contribution < -0.4 is 5.73 Å². The standard InChI is InChI=1S/C13H16BrClFNO/c14-10-7-12(16)9(6-11(10)15)13(17)4-3-8-2-1-5-18-8/h6-8,13H,1-5,17H2. The van der Waals surface area contributed by atoms with Crippen LogP contribution in [0.1, 0.15) is 37.3 Å². The highest BCUT2D eigenvalue weighted by molar-refractivity contribution is 9.10. The van der Waals surface area contributed by atoms with Gasteiger partial charge in [-0.05, 0) is 53.7 Å². The zero-order valence-electron chi connectivity index (χ0n) is 9.96. The largest absolute Gasteiger partial charge is 0.378 e. The van der Waals surface area contributed by atoms with Gasteiger partial charge in [0.1, 0.15) is 5.82 Å². The predicted molar refractivity (Wildman–Crippen MR) is 74.2 cm³/mol. The Bertz CT molecular complexity index is 424. The van der Waals surface area contributed by atoms with Gasteiger partial charge in [-0.2, -0.15) is 0 Å². The monoisotopic (exact) mass is 335 g/mol. The summed E-state index contributed by atoms with van der Waals surface area (Å²) in [7, 11) is 0. The first-order valence-corrected chi connectivity index (χ1v) is 7.26. The van der Waals surface area contributed by atoms with Gasteiger partial charge in [-0.25, -0.2) is 4.39 Å². The molecule has 5 heteroatoms. The third kappa shape index (κ3) is 3.44. The SMILES string of the molecule is NC(CCC1CCCO1)c1cc(Cl)c(Br)cc1F. The highest BCUT2D eigenvalue weighted by Gasteiger charge is 2.19. The van der Waals surface area contributed by atoms with Crippen LogP contribution in [0.3, 0.4) is 0 Å². The Morgan fingerprint density at radius 3 is 3.00 bits per heavy atom. The number of hydrogen-bond donors (Lipinski definition) is 1. The lowest BCUT2D eigenvalue weighted by Gasteiger charge is -2.16. The zero-order valence-corrected chi connectivity index (χ0v) is 12.3. The van der Waals surface area contributed by atoms with Crippen molar-refractivity contribution < 1.29 is 9.13 Å². The van der Waals surface area contributed by atoms with Gasteiger partial charge in [-0.15, -0.1) is 0 Å². The van der Waals surface area contributed by atoms with Crippen LogP contribution in [0.5, 0.6) is 0 Å². The van der Waals surface area contributed by atoms with Gasteiger partial charge in [0.2, 0.25) is 0 Å². The van der Waals surface area contributed by atoms with Crippen molar-refractivity contribution >= 4 is 27.5 Å². The first-order valence-electron chi connectivity index (χ1n) is 6.09. The first-order chi connectivity index (χ1) is 8.58. The van der Waals surface area contributed by atoms with E-state index in [4.69, 9.17) is 22.1 Å². The summed E-state index contributed by atoms with van der Waals surface area (Å²) >= 11 is 9.15. The van der Waals surface area contributed by atoms with Gasteiger partial charge in [0.05, 0.1) is 11.1 Å². The van der Waals surface area contributed by atoms with Crippen LogP contribution in [0.25, 0.3) is 0 Å². The Balaban J connectivity index is 1.99. The summed E-state index contributed by atoms with van der Waals surface area (Å²) in [5, 5.41) is 0.485. The molecule has 1 aliphatic rings. The molecule has 2 atom stereocenters. The van der Waals surface area contributed by atoms with E-state index in [-0.39, 0.29) is 18.0 Å². The minimum atomic E-state index is -0.334. The average Bonchev–Trinajstić information content (AvgIpc) is 2.84. The second-order valence-electron chi connectivity index (χ2n) is 4.61. The van der Waals surface area contributed by atoms with E-state index in [1.807, 2.05) is 0 Å². The lowest BCUT2D eigenvalue weighted by atomic mass is 9.99. The van der Waals surface area contributed by atoms with Crippen LogP contribution in [0, 0.1) is 5.82 Å². The lowest BCUT2D eigenvalue weighted by molar-refractivity contribution is 0.101. The number of rotatable bonds is 4. The van der Waals surface area contributed by atoms with Crippen LogP contribution >= 0.6 is 27.5 Å². The molecule has 2 N–H and O–H groups in total. The van der Waals surface area contributed by atoms with Crippen LogP contribution in [0.4, 0.5) is 4.39 Å². The van der Waals surface area contributed by atoms with Gasteiger partial charge in [0, 0.05) is 22.7 Å². The van der Waals surface area contributed by atoms with Crippen molar-refractivity contribution in [3.63, 3.8) is 0 Å². The maximum Gasteiger partial charge on any atom is 0.129 e. The summed E-state index contributed by atoms with van der Waals surface area (Å²) < 4.78 is 19.9. The summed E-state index contributed by atoms with van der Waals surface area (Å²) in [6.45, 7) is 0.832. The maximum atomic E-state index is 13.8. The average molecular weight is 337 g/mol. The Hall–Kier alpha value is -0.160. The highest BCUT2D eigenvalue weighted by atomic mass is 79.9. The van der Waals surface area contributed by atoms with E-state index in [1.165, 1.54) is 6.07 Å². The quantitative estimate of drug-likeness (QED) is 0.836. The van der Waals surface area contributed by atoms with E-state index in [0.29, 0.717) is 21.5 Å². The molecule has 0 radical (unpaired) electrons. The molecule has 1 aromatic carbocycles. The second-order valence-corrected chi connectivity index (χ2v) is 5.87. The van der Waals surface area contributed by atoms with E-state index in [9.17, 15) is 4.39 Å².